The number of nitrogens with one attached hydrogen (secondary N) is 1. The van der Waals surface area contributed by atoms with Gasteiger partial charge in [0.15, 0.2) is 0 Å². The third-order valence-corrected chi connectivity index (χ3v) is 4.93. The highest BCUT2D eigenvalue weighted by molar-refractivity contribution is 5.95. The van der Waals surface area contributed by atoms with Crippen LogP contribution in [0.15, 0.2) is 55.1 Å². The monoisotopic (exact) mass is 390 g/mol. The maximum Gasteiger partial charge on any atom is 0.251 e. The van der Waals surface area contributed by atoms with E-state index >= 15 is 0 Å². The molecule has 0 fully saturated rings. The van der Waals surface area contributed by atoms with Crippen LogP contribution in [0, 0.1) is 12.3 Å². The predicted molar refractivity (Wildman–Crippen MR) is 113 cm³/mol. The van der Waals surface area contributed by atoms with Crippen LogP contribution in [0.5, 0.6) is 11.6 Å². The van der Waals surface area contributed by atoms with Gasteiger partial charge in [0, 0.05) is 24.0 Å². The molecule has 0 saturated heterocycles. The topological polar surface area (TPSA) is 77.0 Å². The van der Waals surface area contributed by atoms with Crippen LogP contribution < -0.4 is 10.1 Å². The molecular weight excluding hydrogens is 364 g/mol. The predicted octanol–water partition coefficient (Wildman–Crippen LogP) is 4.80. The summed E-state index contributed by atoms with van der Waals surface area (Å²) in [6.07, 6.45) is 4.82. The summed E-state index contributed by atoms with van der Waals surface area (Å²) in [5, 5.41) is 3.06. The Hall–Kier alpha value is -3.28. The summed E-state index contributed by atoms with van der Waals surface area (Å²) >= 11 is 0. The van der Waals surface area contributed by atoms with Gasteiger partial charge in [-0.2, -0.15) is 0 Å². The number of hydrogen-bond donors (Lipinski definition) is 1. The molecule has 6 heteroatoms. The molecule has 1 N–H and O–H groups in total. The van der Waals surface area contributed by atoms with Gasteiger partial charge in [0.1, 0.15) is 12.1 Å². The second-order valence-corrected chi connectivity index (χ2v) is 8.09. The SMILES string of the molecule is Cc1ccc(C(=O)NC(C)C(C)(C)C)cc1Oc1ncccc1-c1ccncn1. The van der Waals surface area contributed by atoms with Crippen molar-refractivity contribution in [1.82, 2.24) is 20.3 Å². The molecular formula is C23H26N4O2. The minimum Gasteiger partial charge on any atom is -0.438 e. The van der Waals surface area contributed by atoms with E-state index in [1.165, 1.54) is 6.33 Å². The van der Waals surface area contributed by atoms with Crippen molar-refractivity contribution in [3.8, 4) is 22.9 Å². The summed E-state index contributed by atoms with van der Waals surface area (Å²) in [6, 6.07) is 11.0. The van der Waals surface area contributed by atoms with Crippen molar-refractivity contribution in [2.24, 2.45) is 5.41 Å². The van der Waals surface area contributed by atoms with Crippen LogP contribution >= 0.6 is 0 Å². The zero-order valence-corrected chi connectivity index (χ0v) is 17.4. The van der Waals surface area contributed by atoms with Gasteiger partial charge in [-0.05, 0) is 55.2 Å². The summed E-state index contributed by atoms with van der Waals surface area (Å²) in [5.74, 6) is 0.874. The fourth-order valence-corrected chi connectivity index (χ4v) is 2.57. The number of hydrogen-bond acceptors (Lipinski definition) is 5. The lowest BCUT2D eigenvalue weighted by molar-refractivity contribution is 0.0910. The van der Waals surface area contributed by atoms with Crippen LogP contribution in [0.1, 0.15) is 43.6 Å². The highest BCUT2D eigenvalue weighted by atomic mass is 16.5. The van der Waals surface area contributed by atoms with Crippen molar-refractivity contribution in [3.05, 3.63) is 66.2 Å². The number of rotatable bonds is 5. The Kier molecular flexibility index (Phi) is 5.92. The van der Waals surface area contributed by atoms with E-state index in [9.17, 15) is 4.79 Å². The average Bonchev–Trinajstić information content (AvgIpc) is 2.70. The lowest BCUT2D eigenvalue weighted by Gasteiger charge is -2.28. The van der Waals surface area contributed by atoms with Crippen molar-refractivity contribution in [2.75, 3.05) is 0 Å². The molecule has 2 heterocycles. The highest BCUT2D eigenvalue weighted by Gasteiger charge is 2.22. The van der Waals surface area contributed by atoms with Gasteiger partial charge in [0.05, 0.1) is 11.3 Å². The van der Waals surface area contributed by atoms with E-state index in [1.54, 1.807) is 30.6 Å². The van der Waals surface area contributed by atoms with Gasteiger partial charge in [0.25, 0.3) is 5.91 Å². The maximum absolute atomic E-state index is 12.7. The molecule has 1 aromatic carbocycles. The Morgan fingerprint density at radius 1 is 1.10 bits per heavy atom. The normalized spacial score (nSPS) is 12.3. The maximum atomic E-state index is 12.7. The first-order valence-corrected chi connectivity index (χ1v) is 9.56. The van der Waals surface area contributed by atoms with E-state index in [4.69, 9.17) is 4.74 Å². The Bertz CT molecular complexity index is 997. The molecule has 3 aromatic rings. The summed E-state index contributed by atoms with van der Waals surface area (Å²) in [6.45, 7) is 10.2. The zero-order valence-electron chi connectivity index (χ0n) is 17.4. The first-order chi connectivity index (χ1) is 13.8. The number of amides is 1. The molecule has 150 valence electrons. The van der Waals surface area contributed by atoms with Gasteiger partial charge in [-0.15, -0.1) is 0 Å². The van der Waals surface area contributed by atoms with Gasteiger partial charge in [-0.25, -0.2) is 15.0 Å². The first-order valence-electron chi connectivity index (χ1n) is 9.56. The lowest BCUT2D eigenvalue weighted by atomic mass is 9.88. The number of benzene rings is 1. The molecule has 0 aliphatic rings. The molecule has 0 spiro atoms. The molecule has 1 atom stereocenters. The molecule has 2 aromatic heterocycles. The van der Waals surface area contributed by atoms with Crippen molar-refractivity contribution in [1.29, 1.82) is 0 Å². The van der Waals surface area contributed by atoms with E-state index in [1.807, 2.05) is 32.0 Å². The number of pyridine rings is 1. The van der Waals surface area contributed by atoms with Gasteiger partial charge < -0.3 is 10.1 Å². The highest BCUT2D eigenvalue weighted by Crippen LogP contribution is 2.32. The van der Waals surface area contributed by atoms with Crippen molar-refractivity contribution >= 4 is 5.91 Å². The molecule has 1 amide bonds. The molecule has 1 unspecified atom stereocenters. The van der Waals surface area contributed by atoms with E-state index < -0.39 is 0 Å². The lowest BCUT2D eigenvalue weighted by Crippen LogP contribution is -2.41. The first kappa shape index (κ1) is 20.5. The number of aromatic nitrogens is 3. The van der Waals surface area contributed by atoms with Gasteiger partial charge >= 0.3 is 0 Å². The summed E-state index contributed by atoms with van der Waals surface area (Å²) < 4.78 is 6.11. The van der Waals surface area contributed by atoms with Crippen LogP contribution in [-0.4, -0.2) is 26.9 Å². The molecule has 0 bridgehead atoms. The standard InChI is InChI=1S/C23H26N4O2/c1-15-8-9-17(21(28)27-16(2)23(3,4)5)13-20(15)29-22-18(7-6-11-25-22)19-10-12-24-14-26-19/h6-14,16H,1-5H3,(H,27,28). The van der Waals surface area contributed by atoms with E-state index in [0.717, 1.165) is 11.1 Å². The largest absolute Gasteiger partial charge is 0.438 e. The Balaban J connectivity index is 1.88. The van der Waals surface area contributed by atoms with Crippen LogP contribution in [0.2, 0.25) is 0 Å². The number of nitrogens with zero attached hydrogens (tertiary/aromatic N) is 3. The van der Waals surface area contributed by atoms with Crippen molar-refractivity contribution in [2.45, 2.75) is 40.7 Å². The average molecular weight is 390 g/mol. The number of aryl methyl sites for hydroxylation is 1. The Morgan fingerprint density at radius 3 is 2.59 bits per heavy atom. The molecule has 0 radical (unpaired) electrons. The molecule has 0 saturated carbocycles. The fourth-order valence-electron chi connectivity index (χ4n) is 2.57. The van der Waals surface area contributed by atoms with Crippen LogP contribution in [-0.2, 0) is 0 Å². The van der Waals surface area contributed by atoms with Gasteiger partial charge in [-0.1, -0.05) is 26.8 Å². The van der Waals surface area contributed by atoms with E-state index in [2.05, 4.69) is 41.0 Å². The number of ether oxygens (including phenoxy) is 1. The van der Waals surface area contributed by atoms with E-state index in [0.29, 0.717) is 22.9 Å². The number of carbonyl (C=O) groups excluding carboxylic acids is 1. The molecule has 29 heavy (non-hydrogen) atoms. The fraction of sp³-hybridized carbons (Fsp3) is 0.304. The molecule has 0 aliphatic heterocycles. The summed E-state index contributed by atoms with van der Waals surface area (Å²) in [5.41, 5.74) is 2.89. The van der Waals surface area contributed by atoms with Crippen LogP contribution in [0.3, 0.4) is 0 Å². The third kappa shape index (κ3) is 4.96. The van der Waals surface area contributed by atoms with E-state index in [-0.39, 0.29) is 17.4 Å². The summed E-state index contributed by atoms with van der Waals surface area (Å²) in [7, 11) is 0. The minimum absolute atomic E-state index is 0.0277. The molecule has 3 rings (SSSR count). The molecule has 0 aliphatic carbocycles. The van der Waals surface area contributed by atoms with Gasteiger partial charge in [0.2, 0.25) is 5.88 Å². The van der Waals surface area contributed by atoms with Crippen molar-refractivity contribution in [3.63, 3.8) is 0 Å². The molecule has 6 nitrogen and oxygen atoms in total. The summed E-state index contributed by atoms with van der Waals surface area (Å²) in [4.78, 5) is 25.3. The Morgan fingerprint density at radius 2 is 1.90 bits per heavy atom. The minimum atomic E-state index is -0.130. The van der Waals surface area contributed by atoms with Gasteiger partial charge in [-0.3, -0.25) is 4.79 Å². The number of carbonyl (C=O) groups is 1. The Labute approximate surface area is 171 Å². The second kappa shape index (κ2) is 8.39. The quantitative estimate of drug-likeness (QED) is 0.677. The third-order valence-electron chi connectivity index (χ3n) is 4.93. The van der Waals surface area contributed by atoms with Crippen LogP contribution in [0.4, 0.5) is 0 Å². The second-order valence-electron chi connectivity index (χ2n) is 8.09. The zero-order chi connectivity index (χ0) is 21.0. The smallest absolute Gasteiger partial charge is 0.251 e. The van der Waals surface area contributed by atoms with Crippen molar-refractivity contribution < 1.29 is 9.53 Å². The van der Waals surface area contributed by atoms with Crippen LogP contribution in [0.25, 0.3) is 11.3 Å².